The monoisotopic (exact) mass is 594 g/mol. The van der Waals surface area contributed by atoms with E-state index in [9.17, 15) is 19.2 Å². The molecular weight excluding hydrogens is 544 g/mol. The molecule has 238 valence electrons. The van der Waals surface area contributed by atoms with Crippen LogP contribution in [0.1, 0.15) is 38.5 Å². The summed E-state index contributed by atoms with van der Waals surface area (Å²) >= 11 is 0. The number of ether oxygens (including phenoxy) is 4. The van der Waals surface area contributed by atoms with E-state index in [1.165, 1.54) is 24.3 Å². The Morgan fingerprint density at radius 3 is 1.07 bits per heavy atom. The minimum atomic E-state index is -0.231. The van der Waals surface area contributed by atoms with E-state index in [2.05, 4.69) is 47.6 Å². The standard InChI is InChI=1S/C30H50N4O8/c1-5-27(35)31-15-9-19-39-23-25(41-21-11-17-33-29(37)7-3)13-14-26(42-22-12-18-34-30(38)8-4)24-40-20-10-16-32-28(36)6-2/h5-8,25-26H,1-4,9-24H2,(H,31,35)(H,32,36)(H,33,37)(H,34,38)/t25-,26-/m0/s1. The van der Waals surface area contributed by atoms with Gasteiger partial charge in [0, 0.05) is 52.6 Å². The SMILES string of the molecule is C=CC(=O)NCCCOC[C@H](CC[C@@H](COCCCNC(=O)C=C)OCCCNC(=O)C=C)OCCCNC(=O)C=C. The number of carbonyl (C=O) groups is 4. The normalized spacial score (nSPS) is 11.9. The lowest BCUT2D eigenvalue weighted by atomic mass is 10.1. The van der Waals surface area contributed by atoms with E-state index in [4.69, 9.17) is 18.9 Å². The Hall–Kier alpha value is -3.32. The summed E-state index contributed by atoms with van der Waals surface area (Å²) in [6.07, 6.45) is 8.31. The Balaban J connectivity index is 4.81. The van der Waals surface area contributed by atoms with Gasteiger partial charge in [0.05, 0.1) is 25.4 Å². The van der Waals surface area contributed by atoms with E-state index in [1.807, 2.05) is 0 Å². The van der Waals surface area contributed by atoms with Crippen LogP contribution in [0, 0.1) is 0 Å². The molecule has 0 aliphatic rings. The average Bonchev–Trinajstić information content (AvgIpc) is 3.00. The van der Waals surface area contributed by atoms with Gasteiger partial charge < -0.3 is 40.2 Å². The molecule has 0 heterocycles. The van der Waals surface area contributed by atoms with Gasteiger partial charge in [-0.1, -0.05) is 26.3 Å². The molecule has 0 aromatic rings. The van der Waals surface area contributed by atoms with Crippen LogP contribution in [0.3, 0.4) is 0 Å². The van der Waals surface area contributed by atoms with E-state index in [-0.39, 0.29) is 35.8 Å². The number of hydrogen-bond donors (Lipinski definition) is 4. The van der Waals surface area contributed by atoms with Gasteiger partial charge in [0.25, 0.3) is 0 Å². The van der Waals surface area contributed by atoms with Crippen molar-refractivity contribution in [1.82, 2.24) is 21.3 Å². The van der Waals surface area contributed by atoms with Crippen molar-refractivity contribution < 1.29 is 38.1 Å². The zero-order valence-corrected chi connectivity index (χ0v) is 24.9. The van der Waals surface area contributed by atoms with Crippen molar-refractivity contribution in [1.29, 1.82) is 0 Å². The molecule has 42 heavy (non-hydrogen) atoms. The fourth-order valence-electron chi connectivity index (χ4n) is 3.36. The fourth-order valence-corrected chi connectivity index (χ4v) is 3.36. The highest BCUT2D eigenvalue weighted by atomic mass is 16.5. The Labute approximate surface area is 250 Å². The van der Waals surface area contributed by atoms with E-state index in [0.29, 0.717) is 104 Å². The first-order chi connectivity index (χ1) is 20.4. The van der Waals surface area contributed by atoms with Crippen molar-refractivity contribution in [3.8, 4) is 0 Å². The van der Waals surface area contributed by atoms with Gasteiger partial charge in [-0.15, -0.1) is 0 Å². The van der Waals surface area contributed by atoms with Crippen molar-refractivity contribution in [2.45, 2.75) is 50.7 Å². The smallest absolute Gasteiger partial charge is 0.243 e. The molecule has 0 fully saturated rings. The van der Waals surface area contributed by atoms with Gasteiger partial charge in [-0.05, 0) is 62.8 Å². The third-order valence-electron chi connectivity index (χ3n) is 5.64. The summed E-state index contributed by atoms with van der Waals surface area (Å²) in [4.78, 5) is 45.2. The molecule has 0 saturated heterocycles. The average molecular weight is 595 g/mol. The number of amides is 4. The quantitative estimate of drug-likeness (QED) is 0.0748. The number of carbonyl (C=O) groups excluding carboxylic acids is 4. The molecule has 0 aromatic carbocycles. The lowest BCUT2D eigenvalue weighted by molar-refractivity contribution is -0.117. The maximum atomic E-state index is 11.3. The van der Waals surface area contributed by atoms with E-state index in [0.717, 1.165) is 0 Å². The molecule has 4 amide bonds. The van der Waals surface area contributed by atoms with Crippen LogP contribution in [-0.4, -0.2) is 102 Å². The predicted molar refractivity (Wildman–Crippen MR) is 162 cm³/mol. The molecule has 12 heteroatoms. The highest BCUT2D eigenvalue weighted by molar-refractivity contribution is 5.87. The lowest BCUT2D eigenvalue weighted by Gasteiger charge is -2.23. The number of hydrogen-bond acceptors (Lipinski definition) is 8. The lowest BCUT2D eigenvalue weighted by Crippen LogP contribution is -2.29. The molecule has 0 saturated carbocycles. The Morgan fingerprint density at radius 1 is 0.500 bits per heavy atom. The summed E-state index contributed by atoms with van der Waals surface area (Å²) in [5.74, 6) is -0.911. The first-order valence-electron chi connectivity index (χ1n) is 14.4. The summed E-state index contributed by atoms with van der Waals surface area (Å²) < 4.78 is 23.7. The van der Waals surface area contributed by atoms with Gasteiger partial charge in [0.1, 0.15) is 0 Å². The summed E-state index contributed by atoms with van der Waals surface area (Å²) in [5, 5.41) is 10.9. The molecule has 12 nitrogen and oxygen atoms in total. The number of rotatable bonds is 29. The van der Waals surface area contributed by atoms with Crippen LogP contribution < -0.4 is 21.3 Å². The summed E-state index contributed by atoms with van der Waals surface area (Å²) in [6.45, 7) is 18.1. The van der Waals surface area contributed by atoms with Gasteiger partial charge in [0.15, 0.2) is 0 Å². The second-order valence-electron chi connectivity index (χ2n) is 9.11. The molecule has 0 radical (unpaired) electrons. The van der Waals surface area contributed by atoms with Crippen LogP contribution in [0.4, 0.5) is 0 Å². The molecule has 0 unspecified atom stereocenters. The van der Waals surface area contributed by atoms with Gasteiger partial charge in [-0.3, -0.25) is 19.2 Å². The Morgan fingerprint density at radius 2 is 0.786 bits per heavy atom. The second-order valence-corrected chi connectivity index (χ2v) is 9.11. The van der Waals surface area contributed by atoms with Crippen molar-refractivity contribution in [3.63, 3.8) is 0 Å². The topological polar surface area (TPSA) is 153 Å². The predicted octanol–water partition coefficient (Wildman–Crippen LogP) is 1.34. The number of nitrogens with one attached hydrogen (secondary N) is 4. The summed E-state index contributed by atoms with van der Waals surface area (Å²) in [6, 6.07) is 0. The molecule has 0 spiro atoms. The van der Waals surface area contributed by atoms with Crippen LogP contribution in [0.15, 0.2) is 50.6 Å². The highest BCUT2D eigenvalue weighted by Gasteiger charge is 2.16. The maximum Gasteiger partial charge on any atom is 0.243 e. The second kappa shape index (κ2) is 27.8. The molecule has 4 N–H and O–H groups in total. The van der Waals surface area contributed by atoms with Crippen LogP contribution in [0.25, 0.3) is 0 Å². The third-order valence-corrected chi connectivity index (χ3v) is 5.64. The van der Waals surface area contributed by atoms with Crippen LogP contribution in [-0.2, 0) is 38.1 Å². The first-order valence-corrected chi connectivity index (χ1v) is 14.4. The summed E-state index contributed by atoms with van der Waals surface area (Å²) in [7, 11) is 0. The van der Waals surface area contributed by atoms with Crippen LogP contribution >= 0.6 is 0 Å². The molecule has 0 aliphatic heterocycles. The molecule has 0 bridgehead atoms. The maximum absolute atomic E-state index is 11.3. The van der Waals surface area contributed by atoms with E-state index in [1.54, 1.807) is 0 Å². The largest absolute Gasteiger partial charge is 0.379 e. The zero-order valence-electron chi connectivity index (χ0n) is 24.9. The van der Waals surface area contributed by atoms with E-state index >= 15 is 0 Å². The van der Waals surface area contributed by atoms with Crippen molar-refractivity contribution >= 4 is 23.6 Å². The van der Waals surface area contributed by atoms with E-state index < -0.39 is 0 Å². The van der Waals surface area contributed by atoms with Crippen molar-refractivity contribution in [2.75, 3.05) is 65.8 Å². The minimum absolute atomic E-state index is 0.213. The molecule has 0 aliphatic carbocycles. The fraction of sp³-hybridized carbons (Fsp3) is 0.600. The molecule has 0 rings (SSSR count). The van der Waals surface area contributed by atoms with Gasteiger partial charge in [0.2, 0.25) is 23.6 Å². The van der Waals surface area contributed by atoms with Crippen LogP contribution in [0.2, 0.25) is 0 Å². The van der Waals surface area contributed by atoms with Crippen molar-refractivity contribution in [3.05, 3.63) is 50.6 Å². The Bertz CT molecular complexity index is 755. The molecular formula is C30H50N4O8. The van der Waals surface area contributed by atoms with Gasteiger partial charge >= 0.3 is 0 Å². The highest BCUT2D eigenvalue weighted by Crippen LogP contribution is 2.11. The van der Waals surface area contributed by atoms with Gasteiger partial charge in [-0.2, -0.15) is 0 Å². The molecule has 2 atom stereocenters. The van der Waals surface area contributed by atoms with Crippen LogP contribution in [0.5, 0.6) is 0 Å². The third kappa shape index (κ3) is 24.5. The summed E-state index contributed by atoms with van der Waals surface area (Å²) in [5.41, 5.74) is 0. The Kier molecular flexibility index (Phi) is 25.6. The first kappa shape index (κ1) is 38.7. The minimum Gasteiger partial charge on any atom is -0.379 e. The van der Waals surface area contributed by atoms with Crippen molar-refractivity contribution in [2.24, 2.45) is 0 Å². The molecule has 0 aromatic heterocycles. The zero-order chi connectivity index (χ0) is 31.3. The van der Waals surface area contributed by atoms with Gasteiger partial charge in [-0.25, -0.2) is 0 Å².